The van der Waals surface area contributed by atoms with E-state index in [0.29, 0.717) is 0 Å². The van der Waals surface area contributed by atoms with Crippen molar-refractivity contribution in [2.45, 2.75) is 57.1 Å². The minimum Gasteiger partial charge on any atom is -0.498 e. The maximum absolute atomic E-state index is 13.6. The van der Waals surface area contributed by atoms with Crippen LogP contribution in [-0.4, -0.2) is 78.6 Å². The van der Waals surface area contributed by atoms with Crippen LogP contribution in [0.2, 0.25) is 0 Å². The van der Waals surface area contributed by atoms with Crippen molar-refractivity contribution in [3.8, 4) is 0 Å². The summed E-state index contributed by atoms with van der Waals surface area (Å²) in [7, 11) is 0.779. The van der Waals surface area contributed by atoms with Gasteiger partial charge in [-0.25, -0.2) is 4.98 Å². The summed E-state index contributed by atoms with van der Waals surface area (Å²) in [6, 6.07) is 7.97. The molecule has 1 aliphatic rings. The fraction of sp³-hybridized carbons (Fsp3) is 0.444. The number of rotatable bonds is 12. The maximum atomic E-state index is 13.6. The monoisotopic (exact) mass is 568 g/mol. The standard InChI is InChI=1S/C27H33BN4O9/c1-17(2)12-21(28-40-23(34)15-27(39-4,26(37)41-28)14-22(33)38-3)32-24(35)19(13-18-8-6-5-7-9-18)31-25(36)20-16-29-10-11-30-20/h5-11,16-17,19,21H,12-15H2,1-4H3,(H,31,36)(H,32,35)/t19-,21-,27+/m0/s1. The molecular weight excluding hydrogens is 535 g/mol. The minimum atomic E-state index is -1.95. The van der Waals surface area contributed by atoms with Crippen molar-refractivity contribution in [1.29, 1.82) is 0 Å². The van der Waals surface area contributed by atoms with Gasteiger partial charge in [0.1, 0.15) is 11.7 Å². The largest absolute Gasteiger partial charge is 0.622 e. The molecule has 1 aliphatic heterocycles. The van der Waals surface area contributed by atoms with Crippen LogP contribution in [0, 0.1) is 5.92 Å². The highest BCUT2D eigenvalue weighted by Gasteiger charge is 2.53. The van der Waals surface area contributed by atoms with E-state index in [1.165, 1.54) is 25.7 Å². The number of methoxy groups -OCH3 is 2. The summed E-state index contributed by atoms with van der Waals surface area (Å²) in [4.78, 5) is 72.3. The molecule has 0 saturated carbocycles. The molecular formula is C27H33BN4O9. The van der Waals surface area contributed by atoms with Crippen LogP contribution in [0.1, 0.15) is 49.2 Å². The molecule has 3 rings (SSSR count). The molecule has 2 heterocycles. The Morgan fingerprint density at radius 2 is 1.80 bits per heavy atom. The number of hydrogen-bond acceptors (Lipinski definition) is 11. The van der Waals surface area contributed by atoms with Crippen LogP contribution in [0.15, 0.2) is 48.9 Å². The average Bonchev–Trinajstić information content (AvgIpc) is 3.08. The Morgan fingerprint density at radius 1 is 1.07 bits per heavy atom. The molecule has 218 valence electrons. The molecule has 1 fully saturated rings. The lowest BCUT2D eigenvalue weighted by Crippen LogP contribution is -2.57. The van der Waals surface area contributed by atoms with E-state index in [2.05, 4.69) is 25.3 Å². The van der Waals surface area contributed by atoms with Gasteiger partial charge in [-0.1, -0.05) is 44.2 Å². The number of hydrogen-bond donors (Lipinski definition) is 2. The second-order valence-corrected chi connectivity index (χ2v) is 9.94. The molecule has 13 nitrogen and oxygen atoms in total. The topological polar surface area (TPSA) is 172 Å². The van der Waals surface area contributed by atoms with Gasteiger partial charge >= 0.3 is 19.1 Å². The molecule has 14 heteroatoms. The van der Waals surface area contributed by atoms with Crippen molar-refractivity contribution in [1.82, 2.24) is 20.6 Å². The lowest BCUT2D eigenvalue weighted by atomic mass is 9.73. The predicted octanol–water partition coefficient (Wildman–Crippen LogP) is 0.814. The maximum Gasteiger partial charge on any atom is 0.622 e. The van der Waals surface area contributed by atoms with E-state index >= 15 is 0 Å². The zero-order valence-corrected chi connectivity index (χ0v) is 23.3. The van der Waals surface area contributed by atoms with Crippen molar-refractivity contribution < 1.29 is 42.8 Å². The highest BCUT2D eigenvalue weighted by molar-refractivity contribution is 6.52. The van der Waals surface area contributed by atoms with Gasteiger partial charge in [0.15, 0.2) is 5.60 Å². The van der Waals surface area contributed by atoms with Crippen LogP contribution in [0.5, 0.6) is 0 Å². The van der Waals surface area contributed by atoms with Gasteiger partial charge in [0.25, 0.3) is 11.9 Å². The summed E-state index contributed by atoms with van der Waals surface area (Å²) < 4.78 is 20.9. The van der Waals surface area contributed by atoms with Crippen molar-refractivity contribution >= 4 is 36.8 Å². The number of esters is 1. The Morgan fingerprint density at radius 3 is 2.41 bits per heavy atom. The van der Waals surface area contributed by atoms with E-state index < -0.39 is 67.3 Å². The Labute approximate surface area is 237 Å². The number of amides is 2. The molecule has 2 aromatic rings. The fourth-order valence-electron chi connectivity index (χ4n) is 4.28. The van der Waals surface area contributed by atoms with E-state index in [1.807, 2.05) is 19.9 Å². The van der Waals surface area contributed by atoms with Gasteiger partial charge < -0.3 is 29.4 Å². The molecule has 2 N–H and O–H groups in total. The van der Waals surface area contributed by atoms with Crippen LogP contribution >= 0.6 is 0 Å². The average molecular weight is 568 g/mol. The third-order valence-electron chi connectivity index (χ3n) is 6.40. The molecule has 1 aromatic heterocycles. The number of benzene rings is 1. The normalized spacial score (nSPS) is 18.4. The van der Waals surface area contributed by atoms with Gasteiger partial charge in [0, 0.05) is 25.9 Å². The number of ether oxygens (including phenoxy) is 2. The van der Waals surface area contributed by atoms with Gasteiger partial charge in [0.05, 0.1) is 32.1 Å². The first-order valence-corrected chi connectivity index (χ1v) is 13.0. The number of nitrogens with zero attached hydrogens (tertiary/aromatic N) is 2. The first-order chi connectivity index (χ1) is 19.6. The zero-order chi connectivity index (χ0) is 30.0. The molecule has 1 aromatic carbocycles. The summed E-state index contributed by atoms with van der Waals surface area (Å²) in [6.07, 6.45) is 3.24. The van der Waals surface area contributed by atoms with Gasteiger partial charge in [-0.3, -0.25) is 29.0 Å². The second-order valence-electron chi connectivity index (χ2n) is 9.94. The van der Waals surface area contributed by atoms with E-state index in [0.717, 1.165) is 12.7 Å². The Hall–Kier alpha value is -4.33. The second kappa shape index (κ2) is 14.3. The summed E-state index contributed by atoms with van der Waals surface area (Å²) in [5.74, 6) is -4.93. The summed E-state index contributed by atoms with van der Waals surface area (Å²) >= 11 is 0. The van der Waals surface area contributed by atoms with E-state index in [9.17, 15) is 24.0 Å². The van der Waals surface area contributed by atoms with Gasteiger partial charge in [-0.15, -0.1) is 0 Å². The van der Waals surface area contributed by atoms with Gasteiger partial charge in [-0.05, 0) is 17.9 Å². The summed E-state index contributed by atoms with van der Waals surface area (Å²) in [6.45, 7) is 3.74. The van der Waals surface area contributed by atoms with Crippen LogP contribution in [0.3, 0.4) is 0 Å². The van der Waals surface area contributed by atoms with Crippen LogP contribution in [0.25, 0.3) is 0 Å². The van der Waals surface area contributed by atoms with E-state index in [-0.39, 0.29) is 24.5 Å². The number of carbonyl (C=O) groups excluding carboxylic acids is 5. The third kappa shape index (κ3) is 8.58. The molecule has 0 bridgehead atoms. The zero-order valence-electron chi connectivity index (χ0n) is 23.3. The Balaban J connectivity index is 1.86. The van der Waals surface area contributed by atoms with E-state index in [1.54, 1.807) is 24.3 Å². The van der Waals surface area contributed by atoms with Gasteiger partial charge in [-0.2, -0.15) is 0 Å². The molecule has 0 unspecified atom stereocenters. The number of nitrogens with one attached hydrogen (secondary N) is 2. The quantitative estimate of drug-likeness (QED) is 0.274. The fourth-order valence-corrected chi connectivity index (χ4v) is 4.28. The summed E-state index contributed by atoms with van der Waals surface area (Å²) in [5.41, 5.74) is -1.16. The van der Waals surface area contributed by atoms with E-state index in [4.69, 9.17) is 14.0 Å². The highest BCUT2D eigenvalue weighted by Crippen LogP contribution is 2.28. The molecule has 1 saturated heterocycles. The lowest BCUT2D eigenvalue weighted by Gasteiger charge is -2.28. The first-order valence-electron chi connectivity index (χ1n) is 13.0. The molecule has 0 aliphatic carbocycles. The van der Waals surface area contributed by atoms with Gasteiger partial charge in [0.2, 0.25) is 5.91 Å². The first kappa shape index (κ1) is 31.2. The molecule has 2 amide bonds. The van der Waals surface area contributed by atoms with Crippen LogP contribution in [0.4, 0.5) is 0 Å². The predicted molar refractivity (Wildman–Crippen MR) is 144 cm³/mol. The SMILES string of the molecule is COC(=O)C[C@@]1(OC)CC(=O)OB([C@H](CC(C)C)NC(=O)[C@H](Cc2ccccc2)NC(=O)c2cnccn2)OC1=O. The lowest BCUT2D eigenvalue weighted by molar-refractivity contribution is -0.169. The summed E-state index contributed by atoms with van der Waals surface area (Å²) in [5, 5.41) is 5.47. The molecule has 3 atom stereocenters. The number of carbonyl (C=O) groups is 5. The molecule has 0 radical (unpaired) electrons. The smallest absolute Gasteiger partial charge is 0.498 e. The van der Waals surface area contributed by atoms with Crippen LogP contribution in [-0.2, 0) is 44.4 Å². The molecule has 0 spiro atoms. The third-order valence-corrected chi connectivity index (χ3v) is 6.40. The van der Waals surface area contributed by atoms with Crippen molar-refractivity contribution in [3.63, 3.8) is 0 Å². The van der Waals surface area contributed by atoms with Crippen molar-refractivity contribution in [2.75, 3.05) is 14.2 Å². The highest BCUT2D eigenvalue weighted by atomic mass is 16.7. The Bertz CT molecular complexity index is 1230. The Kier molecular flexibility index (Phi) is 10.9. The minimum absolute atomic E-state index is 0.0187. The van der Waals surface area contributed by atoms with Crippen molar-refractivity contribution in [2.24, 2.45) is 5.92 Å². The number of aromatic nitrogens is 2. The van der Waals surface area contributed by atoms with Crippen LogP contribution < -0.4 is 10.6 Å². The molecule has 41 heavy (non-hydrogen) atoms. The van der Waals surface area contributed by atoms with Crippen molar-refractivity contribution in [3.05, 3.63) is 60.2 Å².